The molecule has 0 aliphatic heterocycles. The molecule has 1 aromatic carbocycles. The lowest BCUT2D eigenvalue weighted by Gasteiger charge is -2.08. The zero-order valence-corrected chi connectivity index (χ0v) is 12.7. The Hall–Kier alpha value is -2.82. The lowest BCUT2D eigenvalue weighted by atomic mass is 10.2. The van der Waals surface area contributed by atoms with E-state index in [2.05, 4.69) is 14.9 Å². The second kappa shape index (κ2) is 5.89. The maximum Gasteiger partial charge on any atom is 0.272 e. The fourth-order valence-electron chi connectivity index (χ4n) is 2.35. The molecular formula is C17H18N4O. The van der Waals surface area contributed by atoms with Crippen molar-refractivity contribution in [3.63, 3.8) is 0 Å². The fourth-order valence-corrected chi connectivity index (χ4v) is 2.35. The molecule has 0 saturated carbocycles. The standard InChI is InChI=1S/C17H18N4O/c1-13-18-9-11-21(13)12-14-5-7-15(8-6-14)19-17(22)16-4-3-10-20(16)2/h3-11H,12H2,1-2H3,(H,19,22). The van der Waals surface area contributed by atoms with Crippen molar-refractivity contribution in [2.24, 2.45) is 7.05 Å². The minimum Gasteiger partial charge on any atom is -0.347 e. The van der Waals surface area contributed by atoms with Crippen molar-refractivity contribution < 1.29 is 4.79 Å². The molecule has 2 heterocycles. The van der Waals surface area contributed by atoms with Crippen molar-refractivity contribution in [2.45, 2.75) is 13.5 Å². The lowest BCUT2D eigenvalue weighted by molar-refractivity contribution is 0.101. The van der Waals surface area contributed by atoms with Gasteiger partial charge in [0.1, 0.15) is 11.5 Å². The summed E-state index contributed by atoms with van der Waals surface area (Å²) in [6.07, 6.45) is 5.61. The van der Waals surface area contributed by atoms with Crippen molar-refractivity contribution in [3.8, 4) is 0 Å². The number of nitrogens with zero attached hydrogens (tertiary/aromatic N) is 3. The second-order valence-corrected chi connectivity index (χ2v) is 5.26. The van der Waals surface area contributed by atoms with Crippen LogP contribution >= 0.6 is 0 Å². The molecule has 3 aromatic rings. The average Bonchev–Trinajstić information content (AvgIpc) is 3.10. The van der Waals surface area contributed by atoms with E-state index in [0.29, 0.717) is 5.69 Å². The van der Waals surface area contributed by atoms with Crippen LogP contribution in [0.2, 0.25) is 0 Å². The van der Waals surface area contributed by atoms with Crippen LogP contribution in [0.1, 0.15) is 21.9 Å². The Morgan fingerprint density at radius 2 is 1.95 bits per heavy atom. The molecule has 3 rings (SSSR count). The van der Waals surface area contributed by atoms with E-state index in [-0.39, 0.29) is 5.91 Å². The van der Waals surface area contributed by atoms with Gasteiger partial charge in [-0.25, -0.2) is 4.98 Å². The fraction of sp³-hybridized carbons (Fsp3) is 0.176. The summed E-state index contributed by atoms with van der Waals surface area (Å²) in [5, 5.41) is 2.90. The molecule has 1 N–H and O–H groups in total. The Morgan fingerprint density at radius 1 is 1.18 bits per heavy atom. The van der Waals surface area contributed by atoms with E-state index in [0.717, 1.165) is 23.6 Å². The van der Waals surface area contributed by atoms with Gasteiger partial charge in [0.05, 0.1) is 0 Å². The Bertz CT molecular complexity index is 783. The first kappa shape index (κ1) is 14.1. The topological polar surface area (TPSA) is 51.9 Å². The predicted molar refractivity (Wildman–Crippen MR) is 85.9 cm³/mol. The molecule has 0 unspecified atom stereocenters. The number of benzene rings is 1. The molecule has 2 aromatic heterocycles. The first-order valence-electron chi connectivity index (χ1n) is 7.13. The number of hydrogen-bond acceptors (Lipinski definition) is 2. The highest BCUT2D eigenvalue weighted by molar-refractivity contribution is 6.03. The molecule has 0 saturated heterocycles. The van der Waals surface area contributed by atoms with Gasteiger partial charge in [-0.1, -0.05) is 12.1 Å². The molecule has 5 nitrogen and oxygen atoms in total. The van der Waals surface area contributed by atoms with Gasteiger partial charge in [0.25, 0.3) is 5.91 Å². The zero-order valence-electron chi connectivity index (χ0n) is 12.7. The Morgan fingerprint density at radius 3 is 2.55 bits per heavy atom. The molecule has 0 aliphatic carbocycles. The Kier molecular flexibility index (Phi) is 3.78. The first-order chi connectivity index (χ1) is 10.6. The predicted octanol–water partition coefficient (Wildman–Crippen LogP) is 2.83. The van der Waals surface area contributed by atoms with E-state index in [1.54, 1.807) is 16.8 Å². The SMILES string of the molecule is Cc1nccn1Cc1ccc(NC(=O)c2cccn2C)cc1. The smallest absolute Gasteiger partial charge is 0.272 e. The summed E-state index contributed by atoms with van der Waals surface area (Å²) in [5.74, 6) is 0.881. The third-order valence-corrected chi connectivity index (χ3v) is 3.66. The number of hydrogen-bond donors (Lipinski definition) is 1. The molecule has 0 bridgehead atoms. The van der Waals surface area contributed by atoms with Crippen LogP contribution in [0, 0.1) is 6.92 Å². The van der Waals surface area contributed by atoms with Crippen LogP contribution in [0.4, 0.5) is 5.69 Å². The van der Waals surface area contributed by atoms with Gasteiger partial charge < -0.3 is 14.5 Å². The maximum atomic E-state index is 12.1. The average molecular weight is 294 g/mol. The number of carbonyl (C=O) groups excluding carboxylic acids is 1. The lowest BCUT2D eigenvalue weighted by Crippen LogP contribution is -2.15. The zero-order chi connectivity index (χ0) is 15.5. The summed E-state index contributed by atoms with van der Waals surface area (Å²) in [6, 6.07) is 11.5. The number of carbonyl (C=O) groups is 1. The van der Waals surface area contributed by atoms with E-state index in [9.17, 15) is 4.79 Å². The van der Waals surface area contributed by atoms with Crippen molar-refractivity contribution in [1.82, 2.24) is 14.1 Å². The minimum absolute atomic E-state index is 0.106. The van der Waals surface area contributed by atoms with E-state index in [1.165, 1.54) is 0 Å². The van der Waals surface area contributed by atoms with Gasteiger partial charge in [-0.15, -0.1) is 0 Å². The number of anilines is 1. The van der Waals surface area contributed by atoms with Crippen molar-refractivity contribution >= 4 is 11.6 Å². The number of aromatic nitrogens is 3. The summed E-state index contributed by atoms with van der Waals surface area (Å²) in [7, 11) is 1.85. The highest BCUT2D eigenvalue weighted by Gasteiger charge is 2.08. The quantitative estimate of drug-likeness (QED) is 0.804. The van der Waals surface area contributed by atoms with Crippen LogP contribution in [0.15, 0.2) is 55.0 Å². The van der Waals surface area contributed by atoms with Crippen molar-refractivity contribution in [1.29, 1.82) is 0 Å². The highest BCUT2D eigenvalue weighted by atomic mass is 16.1. The summed E-state index contributed by atoms with van der Waals surface area (Å²) < 4.78 is 3.88. The Labute approximate surface area is 129 Å². The summed E-state index contributed by atoms with van der Waals surface area (Å²) in [5.41, 5.74) is 2.59. The monoisotopic (exact) mass is 294 g/mol. The van der Waals surface area contributed by atoms with Crippen LogP contribution in [-0.4, -0.2) is 20.0 Å². The summed E-state index contributed by atoms with van der Waals surface area (Å²) in [4.78, 5) is 16.3. The van der Waals surface area contributed by atoms with Gasteiger partial charge in [0.2, 0.25) is 0 Å². The maximum absolute atomic E-state index is 12.1. The number of amides is 1. The van der Waals surface area contributed by atoms with Gasteiger partial charge >= 0.3 is 0 Å². The molecule has 5 heteroatoms. The summed E-state index contributed by atoms with van der Waals surface area (Å²) >= 11 is 0. The van der Waals surface area contributed by atoms with Crippen LogP contribution < -0.4 is 5.32 Å². The second-order valence-electron chi connectivity index (χ2n) is 5.26. The number of aryl methyl sites for hydroxylation is 2. The molecular weight excluding hydrogens is 276 g/mol. The largest absolute Gasteiger partial charge is 0.347 e. The normalized spacial score (nSPS) is 10.6. The van der Waals surface area contributed by atoms with Crippen molar-refractivity contribution in [2.75, 3.05) is 5.32 Å². The van der Waals surface area contributed by atoms with Crippen LogP contribution in [-0.2, 0) is 13.6 Å². The van der Waals surface area contributed by atoms with E-state index < -0.39 is 0 Å². The number of nitrogens with one attached hydrogen (secondary N) is 1. The van der Waals surface area contributed by atoms with Crippen LogP contribution in [0.5, 0.6) is 0 Å². The molecule has 0 radical (unpaired) electrons. The van der Waals surface area contributed by atoms with Gasteiger partial charge in [-0.05, 0) is 36.8 Å². The van der Waals surface area contributed by atoms with Gasteiger partial charge in [0.15, 0.2) is 0 Å². The molecule has 0 spiro atoms. The Balaban J connectivity index is 1.68. The van der Waals surface area contributed by atoms with E-state index in [1.807, 2.05) is 56.7 Å². The number of imidazole rings is 1. The molecule has 112 valence electrons. The molecule has 0 fully saturated rings. The van der Waals surface area contributed by atoms with Crippen LogP contribution in [0.25, 0.3) is 0 Å². The third kappa shape index (κ3) is 2.93. The molecule has 0 atom stereocenters. The molecule has 0 aliphatic rings. The highest BCUT2D eigenvalue weighted by Crippen LogP contribution is 2.13. The third-order valence-electron chi connectivity index (χ3n) is 3.66. The first-order valence-corrected chi connectivity index (χ1v) is 7.13. The van der Waals surface area contributed by atoms with Gasteiger partial charge in [0, 0.05) is 37.9 Å². The minimum atomic E-state index is -0.106. The molecule has 1 amide bonds. The molecule has 22 heavy (non-hydrogen) atoms. The van der Waals surface area contributed by atoms with E-state index >= 15 is 0 Å². The van der Waals surface area contributed by atoms with Crippen LogP contribution in [0.3, 0.4) is 0 Å². The van der Waals surface area contributed by atoms with Gasteiger partial charge in [-0.2, -0.15) is 0 Å². The van der Waals surface area contributed by atoms with Gasteiger partial charge in [-0.3, -0.25) is 4.79 Å². The van der Waals surface area contributed by atoms with E-state index in [4.69, 9.17) is 0 Å². The summed E-state index contributed by atoms with van der Waals surface area (Å²) in [6.45, 7) is 2.76. The number of rotatable bonds is 4. The van der Waals surface area contributed by atoms with Crippen molar-refractivity contribution in [3.05, 3.63) is 72.1 Å².